The van der Waals surface area contributed by atoms with E-state index in [2.05, 4.69) is 0 Å². The lowest BCUT2D eigenvalue weighted by Crippen LogP contribution is -1.92. The van der Waals surface area contributed by atoms with Crippen molar-refractivity contribution in [1.29, 1.82) is 0 Å². The van der Waals surface area contributed by atoms with Crippen LogP contribution >= 0.6 is 0 Å². The molecule has 0 unspecified atom stereocenters. The molecule has 0 bridgehead atoms. The molecule has 102 valence electrons. The number of para-hydroxylation sites is 1. The van der Waals surface area contributed by atoms with Crippen molar-refractivity contribution < 1.29 is 19.3 Å². The van der Waals surface area contributed by atoms with Gasteiger partial charge in [0.15, 0.2) is 11.5 Å². The first-order valence-electron chi connectivity index (χ1n) is 6.21. The minimum Gasteiger partial charge on any atom is -0.507 e. The van der Waals surface area contributed by atoms with E-state index in [0.29, 0.717) is 17.2 Å². The Labute approximate surface area is 116 Å². The molecule has 0 radical (unpaired) electrons. The van der Waals surface area contributed by atoms with Crippen LogP contribution in [0.15, 0.2) is 36.4 Å². The minimum absolute atomic E-state index is 0.227. The van der Waals surface area contributed by atoms with Gasteiger partial charge >= 0.3 is 0 Å². The normalized spacial score (nSPS) is 12.8. The van der Waals surface area contributed by atoms with Crippen molar-refractivity contribution in [2.24, 2.45) is 0 Å². The average molecular weight is 270 g/mol. The van der Waals surface area contributed by atoms with Crippen LogP contribution < -0.4 is 14.2 Å². The lowest BCUT2D eigenvalue weighted by molar-refractivity contribution is 0.174. The van der Waals surface area contributed by atoms with E-state index < -0.39 is 0 Å². The summed E-state index contributed by atoms with van der Waals surface area (Å²) in [7, 11) is 1.61. The van der Waals surface area contributed by atoms with Gasteiger partial charge in [-0.2, -0.15) is 0 Å². The average Bonchev–Trinajstić information content (AvgIpc) is 2.92. The SMILES string of the molecule is COc1cc2c(cc1/C=C/c1ccccc1O)OCO2. The summed E-state index contributed by atoms with van der Waals surface area (Å²) in [5.74, 6) is 2.31. The van der Waals surface area contributed by atoms with Gasteiger partial charge in [0.25, 0.3) is 0 Å². The number of hydrogen-bond donors (Lipinski definition) is 1. The molecule has 2 aromatic carbocycles. The quantitative estimate of drug-likeness (QED) is 0.869. The van der Waals surface area contributed by atoms with Gasteiger partial charge < -0.3 is 19.3 Å². The van der Waals surface area contributed by atoms with E-state index in [-0.39, 0.29) is 12.5 Å². The fraction of sp³-hybridized carbons (Fsp3) is 0.125. The maximum absolute atomic E-state index is 9.74. The molecule has 3 rings (SSSR count). The molecule has 4 heteroatoms. The number of hydrogen-bond acceptors (Lipinski definition) is 4. The van der Waals surface area contributed by atoms with Crippen molar-refractivity contribution in [3.63, 3.8) is 0 Å². The molecule has 1 aliphatic heterocycles. The zero-order chi connectivity index (χ0) is 13.9. The first-order chi connectivity index (χ1) is 9.78. The summed E-state index contributed by atoms with van der Waals surface area (Å²) in [4.78, 5) is 0. The molecule has 2 aromatic rings. The molecule has 20 heavy (non-hydrogen) atoms. The third-order valence-corrected chi connectivity index (χ3v) is 3.10. The summed E-state index contributed by atoms with van der Waals surface area (Å²) in [5.41, 5.74) is 1.60. The minimum atomic E-state index is 0.227. The maximum atomic E-state index is 9.74. The van der Waals surface area contributed by atoms with Crippen LogP contribution in [-0.4, -0.2) is 19.0 Å². The largest absolute Gasteiger partial charge is 0.507 e. The Morgan fingerprint density at radius 2 is 1.75 bits per heavy atom. The van der Waals surface area contributed by atoms with Crippen LogP contribution in [-0.2, 0) is 0 Å². The van der Waals surface area contributed by atoms with Crippen LogP contribution in [0.1, 0.15) is 11.1 Å². The van der Waals surface area contributed by atoms with Crippen LogP contribution in [0, 0.1) is 0 Å². The smallest absolute Gasteiger partial charge is 0.231 e. The van der Waals surface area contributed by atoms with Gasteiger partial charge in [0.05, 0.1) is 7.11 Å². The predicted octanol–water partition coefficient (Wildman–Crippen LogP) is 3.30. The summed E-state index contributed by atoms with van der Waals surface area (Å²) in [6, 6.07) is 10.8. The highest BCUT2D eigenvalue weighted by atomic mass is 16.7. The zero-order valence-corrected chi connectivity index (χ0v) is 11.0. The van der Waals surface area contributed by atoms with Crippen LogP contribution in [0.2, 0.25) is 0 Å². The van der Waals surface area contributed by atoms with Crippen molar-refractivity contribution in [1.82, 2.24) is 0 Å². The number of fused-ring (bicyclic) bond motifs is 1. The second-order valence-electron chi connectivity index (χ2n) is 4.34. The van der Waals surface area contributed by atoms with Crippen molar-refractivity contribution >= 4 is 12.2 Å². The van der Waals surface area contributed by atoms with Gasteiger partial charge in [-0.15, -0.1) is 0 Å². The molecule has 1 heterocycles. The molecule has 1 aliphatic rings. The van der Waals surface area contributed by atoms with Gasteiger partial charge in [-0.3, -0.25) is 0 Å². The number of phenols is 1. The molecule has 0 amide bonds. The Kier molecular flexibility index (Phi) is 3.21. The summed E-state index contributed by atoms with van der Waals surface area (Å²) in [6.45, 7) is 0.227. The van der Waals surface area contributed by atoms with E-state index in [4.69, 9.17) is 14.2 Å². The lowest BCUT2D eigenvalue weighted by Gasteiger charge is -2.06. The number of phenolic OH excluding ortho intramolecular Hbond substituents is 1. The number of aromatic hydroxyl groups is 1. The van der Waals surface area contributed by atoms with Gasteiger partial charge in [0.1, 0.15) is 11.5 Å². The number of ether oxygens (including phenoxy) is 3. The molecule has 0 fully saturated rings. The predicted molar refractivity (Wildman–Crippen MR) is 76.2 cm³/mol. The number of methoxy groups -OCH3 is 1. The Morgan fingerprint density at radius 3 is 2.50 bits per heavy atom. The summed E-state index contributed by atoms with van der Waals surface area (Å²) < 4.78 is 16.0. The van der Waals surface area contributed by atoms with Crippen LogP contribution in [0.4, 0.5) is 0 Å². The zero-order valence-electron chi connectivity index (χ0n) is 11.0. The van der Waals surface area contributed by atoms with Gasteiger partial charge in [-0.25, -0.2) is 0 Å². The van der Waals surface area contributed by atoms with E-state index in [1.165, 1.54) is 0 Å². The molecule has 1 N–H and O–H groups in total. The molecule has 0 spiro atoms. The van der Waals surface area contributed by atoms with E-state index in [1.807, 2.05) is 30.4 Å². The first kappa shape index (κ1) is 12.4. The molecule has 0 aromatic heterocycles. The highest BCUT2D eigenvalue weighted by Gasteiger charge is 2.16. The van der Waals surface area contributed by atoms with Gasteiger partial charge in [-0.05, 0) is 12.1 Å². The van der Waals surface area contributed by atoms with E-state index in [0.717, 1.165) is 11.1 Å². The lowest BCUT2D eigenvalue weighted by atomic mass is 10.1. The van der Waals surface area contributed by atoms with Crippen LogP contribution in [0.25, 0.3) is 12.2 Å². The third kappa shape index (κ3) is 2.28. The Hall–Kier alpha value is -2.62. The summed E-state index contributed by atoms with van der Waals surface area (Å²) in [6.07, 6.45) is 3.70. The third-order valence-electron chi connectivity index (χ3n) is 3.10. The van der Waals surface area contributed by atoms with Gasteiger partial charge in [0.2, 0.25) is 6.79 Å². The highest BCUT2D eigenvalue weighted by Crippen LogP contribution is 2.38. The highest BCUT2D eigenvalue weighted by molar-refractivity contribution is 5.76. The second-order valence-corrected chi connectivity index (χ2v) is 4.34. The van der Waals surface area contributed by atoms with Crippen molar-refractivity contribution in [2.75, 3.05) is 13.9 Å². The van der Waals surface area contributed by atoms with Crippen LogP contribution in [0.5, 0.6) is 23.0 Å². The topological polar surface area (TPSA) is 47.9 Å². The monoisotopic (exact) mass is 270 g/mol. The maximum Gasteiger partial charge on any atom is 0.231 e. The summed E-state index contributed by atoms with van der Waals surface area (Å²) >= 11 is 0. The fourth-order valence-corrected chi connectivity index (χ4v) is 2.05. The molecule has 0 atom stereocenters. The van der Waals surface area contributed by atoms with E-state index in [9.17, 15) is 5.11 Å². The van der Waals surface area contributed by atoms with Crippen LogP contribution in [0.3, 0.4) is 0 Å². The Bertz CT molecular complexity index is 662. The molecule has 0 aliphatic carbocycles. The molecular weight excluding hydrogens is 256 g/mol. The molecule has 4 nitrogen and oxygen atoms in total. The summed E-state index contributed by atoms with van der Waals surface area (Å²) in [5, 5.41) is 9.74. The van der Waals surface area contributed by atoms with Crippen molar-refractivity contribution in [3.8, 4) is 23.0 Å². The Morgan fingerprint density at radius 1 is 1.05 bits per heavy atom. The molecular formula is C16H14O4. The standard InChI is InChI=1S/C16H14O4/c1-18-14-9-16-15(19-10-20-16)8-12(14)7-6-11-4-2-3-5-13(11)17/h2-9,17H,10H2,1H3/b7-6+. The molecule has 0 saturated carbocycles. The Balaban J connectivity index is 1.96. The van der Waals surface area contributed by atoms with Crippen molar-refractivity contribution in [2.45, 2.75) is 0 Å². The first-order valence-corrected chi connectivity index (χ1v) is 6.21. The van der Waals surface area contributed by atoms with Crippen molar-refractivity contribution in [3.05, 3.63) is 47.5 Å². The van der Waals surface area contributed by atoms with Gasteiger partial charge in [-0.1, -0.05) is 30.4 Å². The second kappa shape index (κ2) is 5.17. The number of benzene rings is 2. The van der Waals surface area contributed by atoms with E-state index >= 15 is 0 Å². The van der Waals surface area contributed by atoms with E-state index in [1.54, 1.807) is 25.3 Å². The fourth-order valence-electron chi connectivity index (χ4n) is 2.05. The van der Waals surface area contributed by atoms with Gasteiger partial charge in [0, 0.05) is 17.2 Å². The molecule has 0 saturated heterocycles. The number of rotatable bonds is 3.